The molecule has 3 heteroatoms. The standard InChI is InChI=1S/C23H19ClO2/c24-16-17-11-13-18(14-12-17)21(23(26)20-9-5-2-6-10-20)15-22(25)19-7-3-1-4-8-19/h1-14,21H,15-16H2. The van der Waals surface area contributed by atoms with E-state index < -0.39 is 5.92 Å². The average molecular weight is 363 g/mol. The summed E-state index contributed by atoms with van der Waals surface area (Å²) in [5.74, 6) is -0.190. The van der Waals surface area contributed by atoms with Gasteiger partial charge in [-0.05, 0) is 11.1 Å². The summed E-state index contributed by atoms with van der Waals surface area (Å²) in [5.41, 5.74) is 3.04. The molecule has 0 bridgehead atoms. The highest BCUT2D eigenvalue weighted by atomic mass is 35.5. The fraction of sp³-hybridized carbons (Fsp3) is 0.130. The van der Waals surface area contributed by atoms with Crippen molar-refractivity contribution in [3.63, 3.8) is 0 Å². The van der Waals surface area contributed by atoms with Crippen molar-refractivity contribution in [3.05, 3.63) is 107 Å². The molecule has 0 N–H and O–H groups in total. The van der Waals surface area contributed by atoms with Gasteiger partial charge in [0.05, 0.1) is 5.92 Å². The zero-order valence-corrected chi connectivity index (χ0v) is 15.0. The Morgan fingerprint density at radius 3 is 1.81 bits per heavy atom. The lowest BCUT2D eigenvalue weighted by atomic mass is 9.85. The Kier molecular flexibility index (Phi) is 5.98. The molecule has 2 nitrogen and oxygen atoms in total. The van der Waals surface area contributed by atoms with Crippen LogP contribution in [0, 0.1) is 0 Å². The second-order valence-corrected chi connectivity index (χ2v) is 6.42. The van der Waals surface area contributed by atoms with Crippen LogP contribution < -0.4 is 0 Å². The molecule has 1 unspecified atom stereocenters. The molecule has 3 aromatic carbocycles. The van der Waals surface area contributed by atoms with E-state index >= 15 is 0 Å². The van der Waals surface area contributed by atoms with E-state index in [1.165, 1.54) is 0 Å². The fourth-order valence-corrected chi connectivity index (χ4v) is 3.11. The van der Waals surface area contributed by atoms with E-state index in [0.29, 0.717) is 17.0 Å². The number of hydrogen-bond donors (Lipinski definition) is 0. The van der Waals surface area contributed by atoms with Crippen molar-refractivity contribution in [3.8, 4) is 0 Å². The Labute approximate surface area is 158 Å². The monoisotopic (exact) mass is 362 g/mol. The van der Waals surface area contributed by atoms with Crippen molar-refractivity contribution in [2.24, 2.45) is 0 Å². The lowest BCUT2D eigenvalue weighted by Gasteiger charge is -2.16. The molecule has 0 heterocycles. The third kappa shape index (κ3) is 4.27. The molecule has 26 heavy (non-hydrogen) atoms. The minimum Gasteiger partial charge on any atom is -0.294 e. The number of ketones is 2. The van der Waals surface area contributed by atoms with Crippen LogP contribution in [-0.2, 0) is 5.88 Å². The van der Waals surface area contributed by atoms with Gasteiger partial charge in [0, 0.05) is 23.4 Å². The SMILES string of the molecule is O=C(CC(C(=O)c1ccccc1)c1ccc(CCl)cc1)c1ccccc1. The molecule has 1 atom stereocenters. The van der Waals surface area contributed by atoms with E-state index in [4.69, 9.17) is 11.6 Å². The summed E-state index contributed by atoms with van der Waals surface area (Å²) in [6.45, 7) is 0. The Balaban J connectivity index is 1.92. The van der Waals surface area contributed by atoms with Gasteiger partial charge in [-0.25, -0.2) is 0 Å². The first-order chi connectivity index (χ1) is 12.7. The quantitative estimate of drug-likeness (QED) is 0.401. The highest BCUT2D eigenvalue weighted by molar-refractivity contribution is 6.17. The fourth-order valence-electron chi connectivity index (χ4n) is 2.93. The summed E-state index contributed by atoms with van der Waals surface area (Å²) < 4.78 is 0. The van der Waals surface area contributed by atoms with E-state index in [1.807, 2.05) is 60.7 Å². The Morgan fingerprint density at radius 1 is 0.731 bits per heavy atom. The molecular formula is C23H19ClO2. The zero-order valence-electron chi connectivity index (χ0n) is 14.3. The first-order valence-electron chi connectivity index (χ1n) is 8.51. The third-order valence-electron chi connectivity index (χ3n) is 4.40. The van der Waals surface area contributed by atoms with Gasteiger partial charge < -0.3 is 0 Å². The number of halogens is 1. The molecular weight excluding hydrogens is 344 g/mol. The number of carbonyl (C=O) groups excluding carboxylic acids is 2. The number of carbonyl (C=O) groups is 2. The normalized spacial score (nSPS) is 11.7. The van der Waals surface area contributed by atoms with Crippen molar-refractivity contribution >= 4 is 23.2 Å². The van der Waals surface area contributed by atoms with Crippen molar-refractivity contribution in [2.75, 3.05) is 0 Å². The van der Waals surface area contributed by atoms with Gasteiger partial charge in [0.1, 0.15) is 0 Å². The van der Waals surface area contributed by atoms with E-state index in [9.17, 15) is 9.59 Å². The van der Waals surface area contributed by atoms with Crippen LogP contribution in [0.3, 0.4) is 0 Å². The van der Waals surface area contributed by atoms with Gasteiger partial charge in [-0.3, -0.25) is 9.59 Å². The van der Waals surface area contributed by atoms with Crippen LogP contribution in [0.25, 0.3) is 0 Å². The first-order valence-corrected chi connectivity index (χ1v) is 9.05. The largest absolute Gasteiger partial charge is 0.294 e. The minimum absolute atomic E-state index is 0.0405. The molecule has 0 saturated carbocycles. The predicted octanol–water partition coefficient (Wildman–Crippen LogP) is 5.66. The Bertz CT molecular complexity index is 871. The third-order valence-corrected chi connectivity index (χ3v) is 4.71. The van der Waals surface area contributed by atoms with Crippen LogP contribution >= 0.6 is 11.6 Å². The molecule has 0 radical (unpaired) electrons. The second kappa shape index (κ2) is 8.59. The van der Waals surface area contributed by atoms with Gasteiger partial charge in [-0.15, -0.1) is 11.6 Å². The zero-order chi connectivity index (χ0) is 18.4. The lowest BCUT2D eigenvalue weighted by Crippen LogP contribution is -2.17. The summed E-state index contributed by atoms with van der Waals surface area (Å²) in [4.78, 5) is 25.8. The smallest absolute Gasteiger partial charge is 0.170 e. The van der Waals surface area contributed by atoms with Crippen molar-refractivity contribution in [1.29, 1.82) is 0 Å². The highest BCUT2D eigenvalue weighted by Crippen LogP contribution is 2.27. The molecule has 130 valence electrons. The molecule has 3 rings (SSSR count). The maximum absolute atomic E-state index is 13.1. The molecule has 0 aromatic heterocycles. The maximum atomic E-state index is 13.1. The van der Waals surface area contributed by atoms with Crippen LogP contribution in [0.1, 0.15) is 44.2 Å². The predicted molar refractivity (Wildman–Crippen MR) is 105 cm³/mol. The van der Waals surface area contributed by atoms with Gasteiger partial charge in [0.2, 0.25) is 0 Å². The molecule has 0 spiro atoms. The van der Waals surface area contributed by atoms with Gasteiger partial charge in [-0.1, -0.05) is 84.9 Å². The van der Waals surface area contributed by atoms with Gasteiger partial charge in [0.15, 0.2) is 11.6 Å². The molecule has 3 aromatic rings. The van der Waals surface area contributed by atoms with E-state index in [2.05, 4.69) is 0 Å². The summed E-state index contributed by atoms with van der Waals surface area (Å²) in [6, 6.07) is 25.8. The van der Waals surface area contributed by atoms with Crippen LogP contribution in [-0.4, -0.2) is 11.6 Å². The summed E-state index contributed by atoms with van der Waals surface area (Å²) in [7, 11) is 0. The molecule has 0 saturated heterocycles. The maximum Gasteiger partial charge on any atom is 0.170 e. The summed E-state index contributed by atoms with van der Waals surface area (Å²) >= 11 is 5.86. The van der Waals surface area contributed by atoms with Crippen LogP contribution in [0.4, 0.5) is 0 Å². The topological polar surface area (TPSA) is 34.1 Å². The van der Waals surface area contributed by atoms with Crippen molar-refractivity contribution in [2.45, 2.75) is 18.2 Å². The molecule has 0 amide bonds. The first kappa shape index (κ1) is 18.1. The van der Waals surface area contributed by atoms with Crippen LogP contribution in [0.2, 0.25) is 0 Å². The van der Waals surface area contributed by atoms with Crippen molar-refractivity contribution < 1.29 is 9.59 Å². The van der Waals surface area contributed by atoms with E-state index in [0.717, 1.165) is 11.1 Å². The Morgan fingerprint density at radius 2 is 1.27 bits per heavy atom. The number of benzene rings is 3. The van der Waals surface area contributed by atoms with Gasteiger partial charge in [-0.2, -0.15) is 0 Å². The second-order valence-electron chi connectivity index (χ2n) is 6.15. The summed E-state index contributed by atoms with van der Waals surface area (Å²) in [6.07, 6.45) is 0.137. The lowest BCUT2D eigenvalue weighted by molar-refractivity contribution is 0.0893. The number of alkyl halides is 1. The number of rotatable bonds is 7. The molecule has 0 fully saturated rings. The van der Waals surface area contributed by atoms with E-state index in [-0.39, 0.29) is 18.0 Å². The van der Waals surface area contributed by atoms with E-state index in [1.54, 1.807) is 24.3 Å². The average Bonchev–Trinajstić information content (AvgIpc) is 2.73. The minimum atomic E-state index is -0.519. The van der Waals surface area contributed by atoms with Crippen molar-refractivity contribution in [1.82, 2.24) is 0 Å². The van der Waals surface area contributed by atoms with Gasteiger partial charge >= 0.3 is 0 Å². The highest BCUT2D eigenvalue weighted by Gasteiger charge is 2.25. The Hall–Kier alpha value is -2.71. The molecule has 0 aliphatic carbocycles. The number of Topliss-reactive ketones (excluding diaryl/α,β-unsaturated/α-hetero) is 2. The van der Waals surface area contributed by atoms with Crippen LogP contribution in [0.5, 0.6) is 0 Å². The molecule has 0 aliphatic rings. The summed E-state index contributed by atoms with van der Waals surface area (Å²) in [5, 5.41) is 0. The van der Waals surface area contributed by atoms with Gasteiger partial charge in [0.25, 0.3) is 0 Å². The molecule has 0 aliphatic heterocycles. The number of hydrogen-bond acceptors (Lipinski definition) is 2. The van der Waals surface area contributed by atoms with Crippen LogP contribution in [0.15, 0.2) is 84.9 Å².